The van der Waals surface area contributed by atoms with Crippen molar-refractivity contribution in [2.45, 2.75) is 34.1 Å². The summed E-state index contributed by atoms with van der Waals surface area (Å²) in [5.41, 5.74) is 9.72. The van der Waals surface area contributed by atoms with Crippen LogP contribution in [0, 0.1) is 19.8 Å². The Morgan fingerprint density at radius 3 is 2.25 bits per heavy atom. The average Bonchev–Trinajstić information content (AvgIpc) is 2.12. The summed E-state index contributed by atoms with van der Waals surface area (Å²) >= 11 is 0. The van der Waals surface area contributed by atoms with Crippen molar-refractivity contribution in [1.82, 2.24) is 0 Å². The van der Waals surface area contributed by atoms with Crippen LogP contribution in [0.3, 0.4) is 0 Å². The summed E-state index contributed by atoms with van der Waals surface area (Å²) in [5.74, 6) is 1.30. The van der Waals surface area contributed by atoms with Crippen molar-refractivity contribution >= 4 is 5.84 Å². The van der Waals surface area contributed by atoms with E-state index < -0.39 is 0 Å². The zero-order chi connectivity index (χ0) is 12.1. The van der Waals surface area contributed by atoms with Crippen LogP contribution in [-0.4, -0.2) is 12.4 Å². The molecule has 0 aliphatic heterocycles. The number of nitrogens with zero attached hydrogens (tertiary/aromatic N) is 1. The minimum absolute atomic E-state index is 0.567. The van der Waals surface area contributed by atoms with Gasteiger partial charge in [-0.25, -0.2) is 0 Å². The van der Waals surface area contributed by atoms with Crippen LogP contribution in [0.4, 0.5) is 0 Å². The first kappa shape index (κ1) is 12.8. The number of nitrogens with two attached hydrogens (primary N) is 1. The molecule has 16 heavy (non-hydrogen) atoms. The van der Waals surface area contributed by atoms with Crippen LogP contribution in [0.15, 0.2) is 23.2 Å². The molecule has 0 heterocycles. The Kier molecular flexibility index (Phi) is 4.53. The summed E-state index contributed by atoms with van der Waals surface area (Å²) < 4.78 is 0. The molecular weight excluding hydrogens is 196 g/mol. The first-order valence-electron chi connectivity index (χ1n) is 5.83. The molecule has 0 atom stereocenters. The molecule has 0 radical (unpaired) electrons. The minimum Gasteiger partial charge on any atom is -0.387 e. The summed E-state index contributed by atoms with van der Waals surface area (Å²) in [6, 6.07) is 6.51. The van der Waals surface area contributed by atoms with Crippen LogP contribution in [0.25, 0.3) is 0 Å². The highest BCUT2D eigenvalue weighted by atomic mass is 14.8. The number of hydrogen-bond acceptors (Lipinski definition) is 1. The molecule has 0 saturated heterocycles. The second-order valence-electron chi connectivity index (χ2n) is 4.90. The third-order valence-corrected chi connectivity index (χ3v) is 2.33. The van der Waals surface area contributed by atoms with E-state index in [0.29, 0.717) is 5.92 Å². The molecule has 0 fully saturated rings. The lowest BCUT2D eigenvalue weighted by Crippen LogP contribution is -2.16. The van der Waals surface area contributed by atoms with Crippen LogP contribution >= 0.6 is 0 Å². The van der Waals surface area contributed by atoms with Crippen LogP contribution in [0.5, 0.6) is 0 Å². The highest BCUT2D eigenvalue weighted by Gasteiger charge is 1.99. The lowest BCUT2D eigenvalue weighted by molar-refractivity contribution is 0.664. The van der Waals surface area contributed by atoms with E-state index >= 15 is 0 Å². The molecule has 0 saturated carbocycles. The zero-order valence-corrected chi connectivity index (χ0v) is 10.7. The van der Waals surface area contributed by atoms with Crippen LogP contribution in [-0.2, 0) is 6.42 Å². The van der Waals surface area contributed by atoms with Crippen molar-refractivity contribution < 1.29 is 0 Å². The fourth-order valence-electron chi connectivity index (χ4n) is 1.74. The first-order valence-corrected chi connectivity index (χ1v) is 5.83. The van der Waals surface area contributed by atoms with E-state index in [9.17, 15) is 0 Å². The fourth-order valence-corrected chi connectivity index (χ4v) is 1.74. The van der Waals surface area contributed by atoms with Crippen molar-refractivity contribution in [2.24, 2.45) is 16.6 Å². The van der Waals surface area contributed by atoms with E-state index in [1.54, 1.807) is 0 Å². The van der Waals surface area contributed by atoms with Crippen LogP contribution in [0.2, 0.25) is 0 Å². The van der Waals surface area contributed by atoms with E-state index in [0.717, 1.165) is 18.8 Å². The van der Waals surface area contributed by atoms with Gasteiger partial charge in [0.1, 0.15) is 0 Å². The molecule has 1 aromatic carbocycles. The van der Waals surface area contributed by atoms with Crippen molar-refractivity contribution in [1.29, 1.82) is 0 Å². The van der Waals surface area contributed by atoms with Crippen molar-refractivity contribution in [3.05, 3.63) is 34.9 Å². The van der Waals surface area contributed by atoms with Gasteiger partial charge in [-0.2, -0.15) is 0 Å². The number of benzene rings is 1. The summed E-state index contributed by atoms with van der Waals surface area (Å²) in [6.07, 6.45) is 0.759. The van der Waals surface area contributed by atoms with Gasteiger partial charge in [-0.1, -0.05) is 43.2 Å². The second kappa shape index (κ2) is 5.69. The average molecular weight is 218 g/mol. The van der Waals surface area contributed by atoms with Gasteiger partial charge in [-0.05, 0) is 25.3 Å². The Bertz CT molecular complexity index is 358. The monoisotopic (exact) mass is 218 g/mol. The van der Waals surface area contributed by atoms with Gasteiger partial charge in [0.15, 0.2) is 0 Å². The molecule has 0 spiro atoms. The summed E-state index contributed by atoms with van der Waals surface area (Å²) in [4.78, 5) is 4.37. The largest absolute Gasteiger partial charge is 0.387 e. The quantitative estimate of drug-likeness (QED) is 0.612. The van der Waals surface area contributed by atoms with Gasteiger partial charge in [-0.3, -0.25) is 4.99 Å². The van der Waals surface area contributed by atoms with E-state index in [-0.39, 0.29) is 0 Å². The maximum Gasteiger partial charge on any atom is 0.0981 e. The lowest BCUT2D eigenvalue weighted by Gasteiger charge is -2.06. The van der Waals surface area contributed by atoms with E-state index in [2.05, 4.69) is 50.9 Å². The molecule has 0 unspecified atom stereocenters. The second-order valence-corrected chi connectivity index (χ2v) is 4.90. The van der Waals surface area contributed by atoms with E-state index in [4.69, 9.17) is 5.73 Å². The molecule has 88 valence electrons. The molecule has 2 nitrogen and oxygen atoms in total. The number of amidine groups is 1. The fraction of sp³-hybridized carbons (Fsp3) is 0.500. The predicted molar refractivity (Wildman–Crippen MR) is 70.9 cm³/mol. The topological polar surface area (TPSA) is 38.4 Å². The highest BCUT2D eigenvalue weighted by molar-refractivity contribution is 5.82. The Morgan fingerprint density at radius 1 is 1.19 bits per heavy atom. The molecule has 2 N–H and O–H groups in total. The maximum absolute atomic E-state index is 5.90. The van der Waals surface area contributed by atoms with E-state index in [1.165, 1.54) is 16.7 Å². The normalized spacial score (nSPS) is 12.2. The van der Waals surface area contributed by atoms with Gasteiger partial charge in [0.05, 0.1) is 5.84 Å². The predicted octanol–water partition coefficient (Wildman–Crippen LogP) is 2.86. The van der Waals surface area contributed by atoms with Gasteiger partial charge >= 0.3 is 0 Å². The zero-order valence-electron chi connectivity index (χ0n) is 10.7. The molecule has 1 aromatic rings. The smallest absolute Gasteiger partial charge is 0.0981 e. The highest BCUT2D eigenvalue weighted by Crippen LogP contribution is 2.09. The maximum atomic E-state index is 5.90. The molecule has 0 aromatic heterocycles. The van der Waals surface area contributed by atoms with Gasteiger partial charge in [0, 0.05) is 13.0 Å². The molecule has 1 rings (SSSR count). The Balaban J connectivity index is 2.69. The minimum atomic E-state index is 0.567. The van der Waals surface area contributed by atoms with Crippen molar-refractivity contribution in [2.75, 3.05) is 6.54 Å². The third-order valence-electron chi connectivity index (χ3n) is 2.33. The SMILES string of the molecule is Cc1cc(C)cc(CC(N)=NCC(C)C)c1. The molecule has 0 bridgehead atoms. The van der Waals surface area contributed by atoms with Crippen molar-refractivity contribution in [3.8, 4) is 0 Å². The number of aryl methyl sites for hydroxylation is 2. The molecule has 0 amide bonds. The van der Waals surface area contributed by atoms with E-state index in [1.807, 2.05) is 0 Å². The Morgan fingerprint density at radius 2 is 1.75 bits per heavy atom. The van der Waals surface area contributed by atoms with Gasteiger partial charge < -0.3 is 5.73 Å². The summed E-state index contributed by atoms with van der Waals surface area (Å²) in [6.45, 7) is 9.33. The van der Waals surface area contributed by atoms with Gasteiger partial charge in [0.25, 0.3) is 0 Å². The summed E-state index contributed by atoms with van der Waals surface area (Å²) in [5, 5.41) is 0. The third kappa shape index (κ3) is 4.47. The number of hydrogen-bond donors (Lipinski definition) is 1. The molecule has 0 aliphatic carbocycles. The van der Waals surface area contributed by atoms with Crippen LogP contribution in [0.1, 0.15) is 30.5 Å². The molecule has 0 aliphatic rings. The van der Waals surface area contributed by atoms with Gasteiger partial charge in [-0.15, -0.1) is 0 Å². The number of rotatable bonds is 4. The first-order chi connectivity index (χ1) is 7.47. The Labute approximate surface area is 98.6 Å². The molecular formula is C14H22N2. The lowest BCUT2D eigenvalue weighted by atomic mass is 10.0. The molecule has 2 heteroatoms. The van der Waals surface area contributed by atoms with Crippen LogP contribution < -0.4 is 5.73 Å². The standard InChI is InChI=1S/C14H22N2/c1-10(2)9-16-14(15)8-13-6-11(3)5-12(4)7-13/h5-7,10H,8-9H2,1-4H3,(H2,15,16). The number of aliphatic imine (C=N–C) groups is 1. The summed E-state index contributed by atoms with van der Waals surface area (Å²) in [7, 11) is 0. The van der Waals surface area contributed by atoms with Gasteiger partial charge in [0.2, 0.25) is 0 Å². The Hall–Kier alpha value is -1.31. The van der Waals surface area contributed by atoms with Crippen molar-refractivity contribution in [3.63, 3.8) is 0 Å².